The molecule has 2 nitrogen and oxygen atoms in total. The van der Waals surface area contributed by atoms with Crippen molar-refractivity contribution in [3.8, 4) is 0 Å². The van der Waals surface area contributed by atoms with Crippen LogP contribution in [0.5, 0.6) is 0 Å². The van der Waals surface area contributed by atoms with Crippen molar-refractivity contribution >= 4 is 23.2 Å². The highest BCUT2D eigenvalue weighted by Gasteiger charge is 2.36. The summed E-state index contributed by atoms with van der Waals surface area (Å²) in [6.45, 7) is 1.70. The molecule has 0 N–H and O–H groups in total. The summed E-state index contributed by atoms with van der Waals surface area (Å²) >= 11 is 12.7. The van der Waals surface area contributed by atoms with Gasteiger partial charge in [0.1, 0.15) is 6.10 Å². The first-order valence-electron chi connectivity index (χ1n) is 11.2. The number of halogens is 2. The number of rotatable bonds is 7. The van der Waals surface area contributed by atoms with Gasteiger partial charge in [0.2, 0.25) is 0 Å². The molecule has 1 aliphatic heterocycles. The quantitative estimate of drug-likeness (QED) is 0.274. The van der Waals surface area contributed by atoms with Gasteiger partial charge in [-0.1, -0.05) is 120 Å². The highest BCUT2D eigenvalue weighted by atomic mass is 35.5. The van der Waals surface area contributed by atoms with E-state index in [0.717, 1.165) is 24.2 Å². The third kappa shape index (κ3) is 5.00. The first-order valence-corrected chi connectivity index (χ1v) is 11.9. The lowest BCUT2D eigenvalue weighted by atomic mass is 9.93. The molecule has 4 heteroatoms. The smallest absolute Gasteiger partial charge is 0.109 e. The molecular formula is C29H25Cl2NO. The lowest BCUT2D eigenvalue weighted by Crippen LogP contribution is -2.54. The molecule has 5 rings (SSSR count). The molecule has 1 aliphatic rings. The van der Waals surface area contributed by atoms with E-state index in [-0.39, 0.29) is 18.2 Å². The zero-order valence-corrected chi connectivity index (χ0v) is 19.7. The van der Waals surface area contributed by atoms with Gasteiger partial charge >= 0.3 is 0 Å². The summed E-state index contributed by atoms with van der Waals surface area (Å²) in [6.07, 6.45) is -0.133. The Morgan fingerprint density at radius 2 is 1.18 bits per heavy atom. The van der Waals surface area contributed by atoms with Crippen LogP contribution in [0.4, 0.5) is 0 Å². The molecule has 1 atom stereocenters. The summed E-state index contributed by atoms with van der Waals surface area (Å²) in [5.41, 5.74) is 4.61. The number of hydrogen-bond acceptors (Lipinski definition) is 2. The molecule has 1 heterocycles. The van der Waals surface area contributed by atoms with Crippen LogP contribution in [0.1, 0.15) is 34.4 Å². The Hall–Kier alpha value is -2.62. The van der Waals surface area contributed by atoms with Gasteiger partial charge < -0.3 is 4.74 Å². The van der Waals surface area contributed by atoms with Crippen LogP contribution in [0.25, 0.3) is 0 Å². The molecule has 0 amide bonds. The first kappa shape index (κ1) is 22.2. The number of hydrogen-bond donors (Lipinski definition) is 0. The highest BCUT2D eigenvalue weighted by molar-refractivity contribution is 6.35. The van der Waals surface area contributed by atoms with E-state index in [9.17, 15) is 0 Å². The van der Waals surface area contributed by atoms with E-state index in [1.54, 1.807) is 6.07 Å². The molecule has 0 radical (unpaired) electrons. The number of ether oxygens (including phenoxy) is 1. The van der Waals surface area contributed by atoms with Crippen LogP contribution in [0.15, 0.2) is 109 Å². The summed E-state index contributed by atoms with van der Waals surface area (Å²) in [5.74, 6) is 0. The zero-order chi connectivity index (χ0) is 22.6. The Labute approximate surface area is 205 Å². The van der Waals surface area contributed by atoms with E-state index < -0.39 is 0 Å². The maximum Gasteiger partial charge on any atom is 0.109 e. The van der Waals surface area contributed by atoms with Crippen molar-refractivity contribution in [2.75, 3.05) is 13.1 Å². The van der Waals surface area contributed by atoms with Gasteiger partial charge in [-0.25, -0.2) is 0 Å². The van der Waals surface area contributed by atoms with Crippen LogP contribution < -0.4 is 0 Å². The van der Waals surface area contributed by atoms with Crippen molar-refractivity contribution in [2.45, 2.75) is 18.2 Å². The Kier molecular flexibility index (Phi) is 6.80. The van der Waals surface area contributed by atoms with Crippen LogP contribution >= 0.6 is 23.2 Å². The standard InChI is InChI=1S/C29H25Cl2NO/c30-24-16-17-26(27(31)18-24)29(23-14-8-3-9-15-23)33-25-19-32(20-25)28(21-10-4-1-5-11-21)22-12-6-2-7-13-22/h1-18,25,28-29H,19-20H2. The molecule has 0 aliphatic carbocycles. The van der Waals surface area contributed by atoms with Gasteiger partial charge in [0.15, 0.2) is 0 Å². The largest absolute Gasteiger partial charge is 0.363 e. The predicted molar refractivity (Wildman–Crippen MR) is 136 cm³/mol. The molecule has 0 bridgehead atoms. The Morgan fingerprint density at radius 1 is 0.667 bits per heavy atom. The van der Waals surface area contributed by atoms with E-state index in [2.05, 4.69) is 77.7 Å². The maximum atomic E-state index is 6.66. The monoisotopic (exact) mass is 473 g/mol. The summed E-state index contributed by atoms with van der Waals surface area (Å²) in [5, 5.41) is 1.25. The van der Waals surface area contributed by atoms with E-state index in [1.807, 2.05) is 30.3 Å². The van der Waals surface area contributed by atoms with Crippen LogP contribution in [-0.4, -0.2) is 24.1 Å². The second-order valence-electron chi connectivity index (χ2n) is 8.39. The zero-order valence-electron chi connectivity index (χ0n) is 18.1. The highest BCUT2D eigenvalue weighted by Crippen LogP contribution is 2.38. The minimum atomic E-state index is -0.241. The van der Waals surface area contributed by atoms with Gasteiger partial charge in [-0.05, 0) is 28.8 Å². The fourth-order valence-electron chi connectivity index (χ4n) is 4.52. The summed E-state index contributed by atoms with van der Waals surface area (Å²) in [7, 11) is 0. The Bertz CT molecular complexity index is 1140. The van der Waals surface area contributed by atoms with Crippen molar-refractivity contribution in [1.29, 1.82) is 0 Å². The molecule has 0 spiro atoms. The second-order valence-corrected chi connectivity index (χ2v) is 9.24. The molecule has 33 heavy (non-hydrogen) atoms. The number of benzene rings is 4. The number of nitrogens with zero attached hydrogens (tertiary/aromatic N) is 1. The summed E-state index contributed by atoms with van der Waals surface area (Å²) < 4.78 is 6.66. The minimum absolute atomic E-state index is 0.108. The average molecular weight is 474 g/mol. The van der Waals surface area contributed by atoms with Crippen LogP contribution in [0.3, 0.4) is 0 Å². The van der Waals surface area contributed by atoms with Crippen molar-refractivity contribution in [2.24, 2.45) is 0 Å². The second kappa shape index (κ2) is 10.1. The average Bonchev–Trinajstić information content (AvgIpc) is 2.83. The lowest BCUT2D eigenvalue weighted by Gasteiger charge is -2.45. The van der Waals surface area contributed by atoms with E-state index >= 15 is 0 Å². The van der Waals surface area contributed by atoms with Gasteiger partial charge in [0.25, 0.3) is 0 Å². The van der Waals surface area contributed by atoms with Gasteiger partial charge in [-0.15, -0.1) is 0 Å². The van der Waals surface area contributed by atoms with Crippen LogP contribution in [0, 0.1) is 0 Å². The fraction of sp³-hybridized carbons (Fsp3) is 0.172. The maximum absolute atomic E-state index is 6.66. The van der Waals surface area contributed by atoms with Gasteiger partial charge in [0.05, 0.1) is 12.1 Å². The van der Waals surface area contributed by atoms with Crippen molar-refractivity contribution in [3.05, 3.63) is 141 Å². The Balaban J connectivity index is 1.37. The van der Waals surface area contributed by atoms with E-state index in [4.69, 9.17) is 27.9 Å². The normalized spacial score (nSPS) is 15.4. The molecule has 0 aromatic heterocycles. The molecule has 1 saturated heterocycles. The van der Waals surface area contributed by atoms with Gasteiger partial charge in [-0.3, -0.25) is 4.90 Å². The number of likely N-dealkylation sites (tertiary alicyclic amines) is 1. The predicted octanol–water partition coefficient (Wildman–Crippen LogP) is 7.57. The molecule has 1 fully saturated rings. The molecule has 166 valence electrons. The van der Waals surface area contributed by atoms with Gasteiger partial charge in [0, 0.05) is 28.7 Å². The van der Waals surface area contributed by atoms with Gasteiger partial charge in [-0.2, -0.15) is 0 Å². The Morgan fingerprint density at radius 3 is 1.70 bits per heavy atom. The van der Waals surface area contributed by atoms with Crippen molar-refractivity contribution in [3.63, 3.8) is 0 Å². The molecule has 0 saturated carbocycles. The fourth-order valence-corrected chi connectivity index (χ4v) is 5.02. The minimum Gasteiger partial charge on any atom is -0.363 e. The van der Waals surface area contributed by atoms with Crippen molar-refractivity contribution < 1.29 is 4.74 Å². The molecular weight excluding hydrogens is 449 g/mol. The lowest BCUT2D eigenvalue weighted by molar-refractivity contribution is -0.0910. The summed E-state index contributed by atoms with van der Waals surface area (Å²) in [4.78, 5) is 2.47. The first-order chi connectivity index (χ1) is 16.2. The van der Waals surface area contributed by atoms with E-state index in [0.29, 0.717) is 10.0 Å². The molecule has 1 unspecified atom stereocenters. The van der Waals surface area contributed by atoms with Crippen LogP contribution in [0.2, 0.25) is 10.0 Å². The summed E-state index contributed by atoms with van der Waals surface area (Å²) in [6, 6.07) is 37.4. The third-order valence-electron chi connectivity index (χ3n) is 6.15. The van der Waals surface area contributed by atoms with Crippen LogP contribution in [-0.2, 0) is 4.74 Å². The third-order valence-corrected chi connectivity index (χ3v) is 6.71. The van der Waals surface area contributed by atoms with Crippen molar-refractivity contribution in [1.82, 2.24) is 4.90 Å². The molecule has 4 aromatic rings. The topological polar surface area (TPSA) is 12.5 Å². The SMILES string of the molecule is Clc1ccc(C(OC2CN(C(c3ccccc3)c3ccccc3)C2)c2ccccc2)c(Cl)c1. The van der Waals surface area contributed by atoms with E-state index in [1.165, 1.54) is 11.1 Å². The molecule has 4 aromatic carbocycles.